The van der Waals surface area contributed by atoms with Crippen molar-refractivity contribution in [2.45, 2.75) is 43.2 Å². The van der Waals surface area contributed by atoms with E-state index in [0.717, 1.165) is 10.9 Å². The summed E-state index contributed by atoms with van der Waals surface area (Å²) < 4.78 is 1.11. The lowest BCUT2D eigenvalue weighted by atomic mass is 9.77. The second-order valence-electron chi connectivity index (χ2n) is 9.61. The Morgan fingerprint density at radius 1 is 0.821 bits per heavy atom. The van der Waals surface area contributed by atoms with Crippen molar-refractivity contribution in [3.05, 3.63) is 107 Å². The van der Waals surface area contributed by atoms with E-state index in [-0.39, 0.29) is 5.54 Å². The molecule has 0 radical (unpaired) electrons. The molecule has 0 N–H and O–H groups in total. The number of likely N-dealkylation sites (N-methyl/N-ethyl adjacent to an activating group) is 1. The van der Waals surface area contributed by atoms with Crippen molar-refractivity contribution < 1.29 is 4.48 Å². The Bertz CT molecular complexity index is 1050. The largest absolute Gasteiger partial charge is 0.307 e. The van der Waals surface area contributed by atoms with Gasteiger partial charge in [0.2, 0.25) is 0 Å². The van der Waals surface area contributed by atoms with Crippen LogP contribution in [0.25, 0.3) is 0 Å². The number of hydrogen-bond acceptors (Lipinski definition) is 0. The van der Waals surface area contributed by atoms with Crippen LogP contribution in [0.1, 0.15) is 53.6 Å². The van der Waals surface area contributed by atoms with Crippen molar-refractivity contribution >= 4 is 0 Å². The zero-order valence-electron chi connectivity index (χ0n) is 16.9. The van der Waals surface area contributed by atoms with Crippen LogP contribution in [0, 0.1) is 0 Å². The molecule has 6 rings (SSSR count). The molecule has 0 unspecified atom stereocenters. The Labute approximate surface area is 168 Å². The van der Waals surface area contributed by atoms with Gasteiger partial charge >= 0.3 is 0 Å². The van der Waals surface area contributed by atoms with Crippen LogP contribution < -0.4 is 0 Å². The Hall–Kier alpha value is -2.38. The predicted octanol–water partition coefficient (Wildman–Crippen LogP) is 5.74. The van der Waals surface area contributed by atoms with Gasteiger partial charge in [-0.25, -0.2) is 0 Å². The van der Waals surface area contributed by atoms with Gasteiger partial charge in [-0.05, 0) is 30.9 Å². The average Bonchev–Trinajstić information content (AvgIpc) is 3.50. The molecule has 0 amide bonds. The summed E-state index contributed by atoms with van der Waals surface area (Å²) in [6, 6.07) is 30.3. The van der Waals surface area contributed by atoms with Crippen molar-refractivity contribution in [2.75, 3.05) is 13.6 Å². The van der Waals surface area contributed by atoms with E-state index in [2.05, 4.69) is 92.8 Å². The first-order valence-corrected chi connectivity index (χ1v) is 10.7. The van der Waals surface area contributed by atoms with Gasteiger partial charge in [-0.1, -0.05) is 78.9 Å². The second-order valence-corrected chi connectivity index (χ2v) is 9.61. The van der Waals surface area contributed by atoms with E-state index in [0.29, 0.717) is 11.5 Å². The van der Waals surface area contributed by atoms with Crippen LogP contribution in [0.5, 0.6) is 0 Å². The van der Waals surface area contributed by atoms with E-state index in [4.69, 9.17) is 0 Å². The summed E-state index contributed by atoms with van der Waals surface area (Å²) in [6.45, 7) is 3.74. The van der Waals surface area contributed by atoms with Crippen molar-refractivity contribution in [3.63, 3.8) is 0 Å². The van der Waals surface area contributed by atoms with Crippen LogP contribution >= 0.6 is 0 Å². The van der Waals surface area contributed by atoms with Gasteiger partial charge in [0.15, 0.2) is 0 Å². The summed E-state index contributed by atoms with van der Waals surface area (Å²) in [7, 11) is 2.55. The van der Waals surface area contributed by atoms with Gasteiger partial charge in [0.1, 0.15) is 11.6 Å². The minimum atomic E-state index is 0.0282. The molecule has 1 aliphatic carbocycles. The minimum absolute atomic E-state index is 0.0282. The van der Waals surface area contributed by atoms with E-state index in [1.807, 2.05) is 0 Å². The van der Waals surface area contributed by atoms with Crippen molar-refractivity contribution in [2.24, 2.45) is 0 Å². The maximum Gasteiger partial charge on any atom is 0.149 e. The second kappa shape index (κ2) is 5.36. The first-order valence-electron chi connectivity index (χ1n) is 10.7. The molecule has 0 saturated heterocycles. The zero-order chi connectivity index (χ0) is 19.0. The summed E-state index contributed by atoms with van der Waals surface area (Å²) in [5.74, 6) is 0. The smallest absolute Gasteiger partial charge is 0.149 e. The van der Waals surface area contributed by atoms with E-state index in [1.165, 1.54) is 19.4 Å². The zero-order valence-corrected chi connectivity index (χ0v) is 16.9. The normalized spacial score (nSPS) is 31.1. The first kappa shape index (κ1) is 16.6. The number of fused-ring (bicyclic) bond motifs is 7. The third-order valence-electron chi connectivity index (χ3n) is 8.38. The number of hydrogen-bond donors (Lipinski definition) is 0. The highest BCUT2D eigenvalue weighted by molar-refractivity contribution is 5.51. The minimum Gasteiger partial charge on any atom is -0.307 e. The fourth-order valence-electron chi connectivity index (χ4n) is 6.62. The van der Waals surface area contributed by atoms with Gasteiger partial charge in [-0.3, -0.25) is 0 Å². The van der Waals surface area contributed by atoms with Crippen LogP contribution in [0.2, 0.25) is 0 Å². The molecule has 1 fully saturated rings. The van der Waals surface area contributed by atoms with E-state index in [1.54, 1.807) is 27.8 Å². The standard InChI is InChI=1S/C27H28N/c1-26-23-14-8-6-10-20(23)18-25(22-13-7-9-15-24(22)26)28(26,2)19-27(16-17-27)21-11-4-3-5-12-21/h3-15,25H,16-19H2,1-2H3/q+1/t25-,26+,28+/m0/s1. The lowest BCUT2D eigenvalue weighted by molar-refractivity contribution is -0.983. The van der Waals surface area contributed by atoms with E-state index < -0.39 is 0 Å². The van der Waals surface area contributed by atoms with Gasteiger partial charge in [-0.2, -0.15) is 0 Å². The molecular formula is C27H28N+. The molecule has 3 aromatic carbocycles. The molecule has 3 aromatic rings. The van der Waals surface area contributed by atoms with Crippen molar-refractivity contribution in [1.29, 1.82) is 0 Å². The third kappa shape index (κ3) is 1.91. The third-order valence-corrected chi connectivity index (χ3v) is 8.38. The molecule has 140 valence electrons. The highest BCUT2D eigenvalue weighted by Crippen LogP contribution is 2.63. The lowest BCUT2D eigenvalue weighted by Crippen LogP contribution is -2.61. The lowest BCUT2D eigenvalue weighted by Gasteiger charge is -2.53. The van der Waals surface area contributed by atoms with Crippen molar-refractivity contribution in [3.8, 4) is 0 Å². The van der Waals surface area contributed by atoms with Crippen LogP contribution in [0.15, 0.2) is 78.9 Å². The van der Waals surface area contributed by atoms with E-state index in [9.17, 15) is 0 Å². The fraction of sp³-hybridized carbons (Fsp3) is 0.333. The molecule has 0 spiro atoms. The Kier molecular flexibility index (Phi) is 3.17. The monoisotopic (exact) mass is 366 g/mol. The molecule has 1 heteroatoms. The number of nitrogens with zero attached hydrogens (tertiary/aromatic N) is 1. The number of benzene rings is 3. The summed E-state index contributed by atoms with van der Waals surface area (Å²) in [5.41, 5.74) is 8.14. The molecule has 3 atom stereocenters. The molecule has 2 heterocycles. The fourth-order valence-corrected chi connectivity index (χ4v) is 6.62. The molecular weight excluding hydrogens is 338 g/mol. The summed E-state index contributed by atoms with van der Waals surface area (Å²) in [6.07, 6.45) is 3.81. The molecule has 2 bridgehead atoms. The van der Waals surface area contributed by atoms with Crippen LogP contribution in [0.4, 0.5) is 0 Å². The maximum absolute atomic E-state index is 2.55. The molecule has 1 nitrogen and oxygen atoms in total. The maximum atomic E-state index is 2.55. The van der Waals surface area contributed by atoms with Gasteiger partial charge < -0.3 is 4.48 Å². The van der Waals surface area contributed by atoms with Crippen LogP contribution in [-0.4, -0.2) is 18.1 Å². The van der Waals surface area contributed by atoms with Gasteiger partial charge in [-0.15, -0.1) is 0 Å². The van der Waals surface area contributed by atoms with Gasteiger partial charge in [0, 0.05) is 28.5 Å². The average molecular weight is 367 g/mol. The quantitative estimate of drug-likeness (QED) is 0.519. The number of quaternary nitrogens is 1. The van der Waals surface area contributed by atoms with E-state index >= 15 is 0 Å². The van der Waals surface area contributed by atoms with Gasteiger partial charge in [0.25, 0.3) is 0 Å². The first-order chi connectivity index (χ1) is 13.6. The Morgan fingerprint density at radius 3 is 2.21 bits per heavy atom. The Balaban J connectivity index is 1.55. The van der Waals surface area contributed by atoms with Crippen LogP contribution in [0.3, 0.4) is 0 Å². The molecule has 0 aromatic heterocycles. The summed E-state index contributed by atoms with van der Waals surface area (Å²) >= 11 is 0. The molecule has 3 aliphatic rings. The highest BCUT2D eigenvalue weighted by Gasteiger charge is 2.65. The van der Waals surface area contributed by atoms with Gasteiger partial charge in [0.05, 0.1) is 13.6 Å². The Morgan fingerprint density at radius 2 is 1.46 bits per heavy atom. The summed E-state index contributed by atoms with van der Waals surface area (Å²) in [5, 5.41) is 0. The van der Waals surface area contributed by atoms with Crippen LogP contribution in [-0.2, 0) is 17.4 Å². The molecule has 28 heavy (non-hydrogen) atoms. The highest BCUT2D eigenvalue weighted by atomic mass is 15.4. The molecule has 1 saturated carbocycles. The predicted molar refractivity (Wildman–Crippen MR) is 114 cm³/mol. The van der Waals surface area contributed by atoms with Crippen molar-refractivity contribution in [1.82, 2.24) is 0 Å². The summed E-state index contributed by atoms with van der Waals surface area (Å²) in [4.78, 5) is 0. The SMILES string of the molecule is C[C@@]12c3ccccc3C[C@@H](c3ccccc31)[N@@+]2(C)CC1(c2ccccc2)CC1. The molecule has 2 aliphatic heterocycles. The topological polar surface area (TPSA) is 0 Å². The number of rotatable bonds is 3.